The Morgan fingerprint density at radius 2 is 1.74 bits per heavy atom. The Hall–Kier alpha value is -3.02. The highest BCUT2D eigenvalue weighted by Gasteiger charge is 2.34. The van der Waals surface area contributed by atoms with Crippen molar-refractivity contribution in [2.24, 2.45) is 5.41 Å². The molecule has 1 saturated carbocycles. The number of carbonyl (C=O) groups is 1. The number of hydrogen-bond acceptors (Lipinski definition) is 4. The largest absolute Gasteiger partial charge is 0.457 e. The average Bonchev–Trinajstić information content (AvgIpc) is 3.20. The van der Waals surface area contributed by atoms with Gasteiger partial charge in [-0.25, -0.2) is 9.78 Å². The minimum atomic E-state index is -0.520. The number of imidazole rings is 1. The smallest absolute Gasteiger partial charge is 0.410 e. The second-order valence-corrected chi connectivity index (χ2v) is 11.5. The first kappa shape index (κ1) is 25.1. The summed E-state index contributed by atoms with van der Waals surface area (Å²) in [6.07, 6.45) is 4.87. The summed E-state index contributed by atoms with van der Waals surface area (Å²) in [6, 6.07) is 14.1. The molecule has 1 fully saturated rings. The van der Waals surface area contributed by atoms with Gasteiger partial charge in [-0.05, 0) is 81.7 Å². The van der Waals surface area contributed by atoms with Gasteiger partial charge >= 0.3 is 6.09 Å². The summed E-state index contributed by atoms with van der Waals surface area (Å²) < 4.78 is 11.9. The van der Waals surface area contributed by atoms with Crippen molar-refractivity contribution in [2.75, 3.05) is 0 Å². The lowest BCUT2D eigenvalue weighted by Gasteiger charge is -2.40. The summed E-state index contributed by atoms with van der Waals surface area (Å²) in [5, 5.41) is 0. The van der Waals surface area contributed by atoms with Crippen LogP contribution in [0.25, 0.3) is 11.0 Å². The molecule has 1 aliphatic carbocycles. The molecule has 0 atom stereocenters. The number of nitrogens with zero attached hydrogens (tertiary/aromatic N) is 2. The first-order valence-electron chi connectivity index (χ1n) is 12.8. The van der Waals surface area contributed by atoms with Crippen LogP contribution in [0.15, 0.2) is 42.5 Å². The fourth-order valence-corrected chi connectivity index (χ4v) is 4.62. The average molecular weight is 478 g/mol. The van der Waals surface area contributed by atoms with E-state index in [1.165, 1.54) is 0 Å². The molecule has 1 heterocycles. The number of carbonyl (C=O) groups excluding carboxylic acids is 1. The van der Waals surface area contributed by atoms with E-state index in [-0.39, 0.29) is 12.1 Å². The van der Waals surface area contributed by atoms with E-state index in [0.717, 1.165) is 66.0 Å². The molecule has 0 radical (unpaired) electrons. The predicted molar refractivity (Wildman–Crippen MR) is 140 cm³/mol. The van der Waals surface area contributed by atoms with E-state index in [1.54, 1.807) is 0 Å². The lowest BCUT2D eigenvalue weighted by Crippen LogP contribution is -2.45. The highest BCUT2D eigenvalue weighted by Crippen LogP contribution is 2.38. The third kappa shape index (κ3) is 6.56. The molecule has 3 aromatic rings. The van der Waals surface area contributed by atoms with Gasteiger partial charge in [0, 0.05) is 25.1 Å². The Labute approximate surface area is 209 Å². The molecule has 0 unspecified atom stereocenters. The molecular formula is C29H39N3O3. The fourth-order valence-electron chi connectivity index (χ4n) is 4.62. The molecule has 0 aliphatic heterocycles. The van der Waals surface area contributed by atoms with Crippen molar-refractivity contribution in [3.8, 4) is 11.5 Å². The van der Waals surface area contributed by atoms with Crippen molar-refractivity contribution in [1.29, 1.82) is 0 Å². The van der Waals surface area contributed by atoms with Gasteiger partial charge in [-0.2, -0.15) is 0 Å². The molecule has 0 spiro atoms. The van der Waals surface area contributed by atoms with Crippen LogP contribution in [0.5, 0.6) is 11.5 Å². The standard InChI is InChI=1S/C29H39N3O3/c1-7-26-30-24-13-12-23(18-25(24)31-26)34-22-10-8-20(9-11-22)19-32(27(33)35-28(2,3)4)21-14-16-29(5,6)17-15-21/h8-13,18,21H,7,14-17,19H2,1-6H3,(H,30,31). The minimum Gasteiger partial charge on any atom is -0.457 e. The number of aromatic nitrogens is 2. The van der Waals surface area contributed by atoms with E-state index in [1.807, 2.05) is 68.1 Å². The van der Waals surface area contributed by atoms with Crippen molar-refractivity contribution < 1.29 is 14.3 Å². The van der Waals surface area contributed by atoms with Crippen molar-refractivity contribution in [3.63, 3.8) is 0 Å². The quantitative estimate of drug-likeness (QED) is 0.396. The normalized spacial score (nSPS) is 16.3. The van der Waals surface area contributed by atoms with Gasteiger partial charge in [-0.15, -0.1) is 0 Å². The zero-order chi connectivity index (χ0) is 25.2. The van der Waals surface area contributed by atoms with E-state index in [0.29, 0.717) is 12.0 Å². The molecule has 6 nitrogen and oxygen atoms in total. The molecule has 1 amide bonds. The van der Waals surface area contributed by atoms with Crippen LogP contribution in [-0.4, -0.2) is 32.6 Å². The molecule has 0 saturated heterocycles. The van der Waals surface area contributed by atoms with Crippen LogP contribution < -0.4 is 4.74 Å². The minimum absolute atomic E-state index is 0.197. The van der Waals surface area contributed by atoms with E-state index in [9.17, 15) is 4.79 Å². The maximum absolute atomic E-state index is 13.1. The molecule has 1 aliphatic rings. The topological polar surface area (TPSA) is 67.4 Å². The summed E-state index contributed by atoms with van der Waals surface area (Å²) in [4.78, 5) is 23.0. The van der Waals surface area contributed by atoms with E-state index in [4.69, 9.17) is 9.47 Å². The van der Waals surface area contributed by atoms with Gasteiger partial charge < -0.3 is 19.4 Å². The van der Waals surface area contributed by atoms with Gasteiger partial charge in [0.25, 0.3) is 0 Å². The number of aryl methyl sites for hydroxylation is 1. The van der Waals surface area contributed by atoms with Gasteiger partial charge in [-0.1, -0.05) is 32.9 Å². The van der Waals surface area contributed by atoms with Gasteiger partial charge in [0.2, 0.25) is 0 Å². The molecule has 35 heavy (non-hydrogen) atoms. The zero-order valence-electron chi connectivity index (χ0n) is 22.0. The molecule has 2 aromatic carbocycles. The molecule has 188 valence electrons. The van der Waals surface area contributed by atoms with Crippen molar-refractivity contribution in [3.05, 3.63) is 53.9 Å². The Bertz CT molecular complexity index is 1150. The highest BCUT2D eigenvalue weighted by molar-refractivity contribution is 5.77. The lowest BCUT2D eigenvalue weighted by atomic mass is 9.75. The molecule has 0 bridgehead atoms. The van der Waals surface area contributed by atoms with Gasteiger partial charge in [0.1, 0.15) is 22.9 Å². The van der Waals surface area contributed by atoms with Crippen LogP contribution >= 0.6 is 0 Å². The van der Waals surface area contributed by atoms with Crippen molar-refractivity contribution in [2.45, 2.75) is 91.8 Å². The van der Waals surface area contributed by atoms with Gasteiger partial charge in [0.15, 0.2) is 0 Å². The molecule has 1 N–H and O–H groups in total. The fraction of sp³-hybridized carbons (Fsp3) is 0.517. The van der Waals surface area contributed by atoms with Crippen LogP contribution in [0.1, 0.15) is 78.6 Å². The molecular weight excluding hydrogens is 438 g/mol. The number of amides is 1. The third-order valence-corrected chi connectivity index (χ3v) is 6.73. The Kier molecular flexibility index (Phi) is 7.11. The molecule has 6 heteroatoms. The summed E-state index contributed by atoms with van der Waals surface area (Å²) in [6.45, 7) is 13.0. The number of ether oxygens (including phenoxy) is 2. The molecule has 1 aromatic heterocycles. The highest BCUT2D eigenvalue weighted by atomic mass is 16.6. The van der Waals surface area contributed by atoms with Crippen LogP contribution in [0.4, 0.5) is 4.79 Å². The van der Waals surface area contributed by atoms with Gasteiger partial charge in [-0.3, -0.25) is 0 Å². The monoisotopic (exact) mass is 477 g/mol. The Morgan fingerprint density at radius 3 is 2.37 bits per heavy atom. The Balaban J connectivity index is 1.46. The first-order valence-corrected chi connectivity index (χ1v) is 12.8. The first-order chi connectivity index (χ1) is 16.5. The predicted octanol–water partition coefficient (Wildman–Crippen LogP) is 7.62. The maximum atomic E-state index is 13.1. The van der Waals surface area contributed by atoms with E-state index in [2.05, 4.69) is 30.7 Å². The maximum Gasteiger partial charge on any atom is 0.410 e. The second kappa shape index (κ2) is 9.92. The van der Waals surface area contributed by atoms with Crippen LogP contribution in [-0.2, 0) is 17.7 Å². The van der Waals surface area contributed by atoms with Crippen LogP contribution in [0.2, 0.25) is 0 Å². The van der Waals surface area contributed by atoms with Crippen molar-refractivity contribution in [1.82, 2.24) is 14.9 Å². The van der Waals surface area contributed by atoms with Crippen LogP contribution in [0, 0.1) is 5.41 Å². The van der Waals surface area contributed by atoms with Crippen molar-refractivity contribution >= 4 is 17.1 Å². The van der Waals surface area contributed by atoms with Gasteiger partial charge in [0.05, 0.1) is 11.0 Å². The third-order valence-electron chi connectivity index (χ3n) is 6.73. The second-order valence-electron chi connectivity index (χ2n) is 11.5. The number of nitrogens with one attached hydrogen (secondary N) is 1. The summed E-state index contributed by atoms with van der Waals surface area (Å²) in [7, 11) is 0. The number of fused-ring (bicyclic) bond motifs is 1. The van der Waals surface area contributed by atoms with Crippen LogP contribution in [0.3, 0.4) is 0 Å². The number of benzene rings is 2. The summed E-state index contributed by atoms with van der Waals surface area (Å²) in [5.74, 6) is 2.47. The lowest BCUT2D eigenvalue weighted by molar-refractivity contribution is 0.00491. The number of rotatable bonds is 6. The number of H-pyrrole nitrogens is 1. The van der Waals surface area contributed by atoms with E-state index < -0.39 is 5.60 Å². The van der Waals surface area contributed by atoms with E-state index >= 15 is 0 Å². The number of aromatic amines is 1. The Morgan fingerprint density at radius 1 is 1.09 bits per heavy atom. The number of hydrogen-bond donors (Lipinski definition) is 1. The molecule has 4 rings (SSSR count). The zero-order valence-corrected chi connectivity index (χ0v) is 22.0. The summed E-state index contributed by atoms with van der Waals surface area (Å²) >= 11 is 0. The SMILES string of the molecule is CCc1nc2cc(Oc3ccc(CN(C(=O)OC(C)(C)C)C4CCC(C)(C)CC4)cc3)ccc2[nH]1. The summed E-state index contributed by atoms with van der Waals surface area (Å²) in [5.41, 5.74) is 2.79.